The van der Waals surface area contributed by atoms with Crippen LogP contribution in [-0.2, 0) is 9.59 Å². The smallest absolute Gasteiger partial charge is 0.229 e. The quantitative estimate of drug-likeness (QED) is 0.902. The molecular formula is C15H18Cl2N2O2. The zero-order valence-electron chi connectivity index (χ0n) is 12.2. The molecule has 1 aliphatic heterocycles. The first-order valence-electron chi connectivity index (χ1n) is 6.75. The zero-order valence-corrected chi connectivity index (χ0v) is 13.8. The minimum atomic E-state index is -0.342. The average Bonchev–Trinajstić information content (AvgIpc) is 2.76. The van der Waals surface area contributed by atoms with Crippen LogP contribution in [0.15, 0.2) is 18.2 Å². The van der Waals surface area contributed by atoms with E-state index in [1.54, 1.807) is 23.1 Å². The number of carbonyl (C=O) groups is 2. The molecule has 1 unspecified atom stereocenters. The van der Waals surface area contributed by atoms with Gasteiger partial charge in [-0.3, -0.25) is 9.59 Å². The van der Waals surface area contributed by atoms with Crippen molar-refractivity contribution in [3.05, 3.63) is 28.2 Å². The molecule has 1 aromatic carbocycles. The van der Waals surface area contributed by atoms with E-state index in [1.165, 1.54) is 0 Å². The highest BCUT2D eigenvalue weighted by Crippen LogP contribution is 2.28. The molecule has 1 atom stereocenters. The van der Waals surface area contributed by atoms with Gasteiger partial charge in [0.25, 0.3) is 0 Å². The second-order valence-electron chi connectivity index (χ2n) is 6.19. The molecular weight excluding hydrogens is 311 g/mol. The first-order valence-corrected chi connectivity index (χ1v) is 7.50. The number of carbonyl (C=O) groups excluding carboxylic acids is 2. The molecule has 0 aliphatic carbocycles. The van der Waals surface area contributed by atoms with Crippen molar-refractivity contribution < 1.29 is 9.59 Å². The molecule has 0 spiro atoms. The van der Waals surface area contributed by atoms with E-state index in [-0.39, 0.29) is 29.7 Å². The average molecular weight is 329 g/mol. The fraction of sp³-hybridized carbons (Fsp3) is 0.467. The van der Waals surface area contributed by atoms with E-state index < -0.39 is 0 Å². The van der Waals surface area contributed by atoms with Crippen molar-refractivity contribution in [2.24, 2.45) is 5.92 Å². The van der Waals surface area contributed by atoms with Crippen molar-refractivity contribution in [2.45, 2.75) is 32.7 Å². The molecule has 1 aromatic rings. The van der Waals surface area contributed by atoms with Crippen molar-refractivity contribution in [3.8, 4) is 0 Å². The highest BCUT2D eigenvalue weighted by atomic mass is 35.5. The van der Waals surface area contributed by atoms with Gasteiger partial charge in [-0.1, -0.05) is 23.2 Å². The van der Waals surface area contributed by atoms with E-state index in [2.05, 4.69) is 5.32 Å². The number of hydrogen-bond acceptors (Lipinski definition) is 2. The maximum Gasteiger partial charge on any atom is 0.229 e. The molecule has 1 saturated heterocycles. The molecule has 114 valence electrons. The molecule has 6 heteroatoms. The van der Waals surface area contributed by atoms with Crippen LogP contribution in [0.25, 0.3) is 0 Å². The first-order chi connectivity index (χ1) is 9.68. The number of hydrogen-bond donors (Lipinski definition) is 1. The van der Waals surface area contributed by atoms with E-state index in [4.69, 9.17) is 23.2 Å². The summed E-state index contributed by atoms with van der Waals surface area (Å²) >= 11 is 11.8. The van der Waals surface area contributed by atoms with E-state index >= 15 is 0 Å². The van der Waals surface area contributed by atoms with Crippen molar-refractivity contribution in [3.63, 3.8) is 0 Å². The summed E-state index contributed by atoms with van der Waals surface area (Å²) in [5, 5.41) is 3.60. The van der Waals surface area contributed by atoms with Gasteiger partial charge in [0.15, 0.2) is 0 Å². The van der Waals surface area contributed by atoms with E-state index in [1.807, 2.05) is 20.8 Å². The molecule has 0 bridgehead atoms. The zero-order chi connectivity index (χ0) is 15.8. The predicted octanol–water partition coefficient (Wildman–Crippen LogP) is 3.58. The van der Waals surface area contributed by atoms with Crippen molar-refractivity contribution in [2.75, 3.05) is 11.9 Å². The van der Waals surface area contributed by atoms with Crippen LogP contribution >= 0.6 is 23.2 Å². The minimum absolute atomic E-state index is 0.0109. The molecule has 1 aliphatic rings. The van der Waals surface area contributed by atoms with Gasteiger partial charge in [0.05, 0.1) is 16.0 Å². The largest absolute Gasteiger partial charge is 0.337 e. The lowest BCUT2D eigenvalue weighted by atomic mass is 10.1. The highest BCUT2D eigenvalue weighted by Gasteiger charge is 2.39. The Bertz CT molecular complexity index is 582. The molecule has 0 saturated carbocycles. The molecule has 1 fully saturated rings. The van der Waals surface area contributed by atoms with Gasteiger partial charge >= 0.3 is 0 Å². The fourth-order valence-corrected chi connectivity index (χ4v) is 2.65. The van der Waals surface area contributed by atoms with Crippen LogP contribution in [0.3, 0.4) is 0 Å². The van der Waals surface area contributed by atoms with Crippen molar-refractivity contribution in [1.82, 2.24) is 4.90 Å². The molecule has 2 amide bonds. The third-order valence-corrected chi connectivity index (χ3v) is 4.23. The van der Waals surface area contributed by atoms with E-state index in [0.29, 0.717) is 22.3 Å². The molecule has 21 heavy (non-hydrogen) atoms. The van der Waals surface area contributed by atoms with Gasteiger partial charge in [0.2, 0.25) is 11.8 Å². The topological polar surface area (TPSA) is 49.4 Å². The van der Waals surface area contributed by atoms with Crippen LogP contribution in [-0.4, -0.2) is 28.8 Å². The first kappa shape index (κ1) is 16.1. The van der Waals surface area contributed by atoms with Crippen LogP contribution in [0.2, 0.25) is 10.0 Å². The van der Waals surface area contributed by atoms with E-state index in [0.717, 1.165) is 0 Å². The number of likely N-dealkylation sites (tertiary alicyclic amines) is 1. The molecule has 2 rings (SSSR count). The summed E-state index contributed by atoms with van der Waals surface area (Å²) in [6.45, 7) is 6.33. The Morgan fingerprint density at radius 3 is 2.48 bits per heavy atom. The highest BCUT2D eigenvalue weighted by molar-refractivity contribution is 6.42. The lowest BCUT2D eigenvalue weighted by molar-refractivity contribution is -0.131. The monoisotopic (exact) mass is 328 g/mol. The van der Waals surface area contributed by atoms with Gasteiger partial charge in [-0.05, 0) is 39.0 Å². The standard InChI is InChI=1S/C15H18Cl2N2O2/c1-15(2,3)19-8-9(6-13(19)20)14(21)18-10-4-5-11(16)12(17)7-10/h4-5,7,9H,6,8H2,1-3H3,(H,18,21). The van der Waals surface area contributed by atoms with Crippen LogP contribution in [0.1, 0.15) is 27.2 Å². The molecule has 1 heterocycles. The number of nitrogens with zero attached hydrogens (tertiary/aromatic N) is 1. The van der Waals surface area contributed by atoms with Crippen LogP contribution < -0.4 is 5.32 Å². The SMILES string of the molecule is CC(C)(C)N1CC(C(=O)Nc2ccc(Cl)c(Cl)c2)CC1=O. The number of amides is 2. The van der Waals surface area contributed by atoms with Gasteiger partial charge < -0.3 is 10.2 Å². The van der Waals surface area contributed by atoms with Crippen molar-refractivity contribution >= 4 is 40.7 Å². The Labute approximate surface area is 134 Å². The number of halogens is 2. The lowest BCUT2D eigenvalue weighted by Gasteiger charge is -2.31. The summed E-state index contributed by atoms with van der Waals surface area (Å²) < 4.78 is 0. The fourth-order valence-electron chi connectivity index (χ4n) is 2.35. The third-order valence-electron chi connectivity index (χ3n) is 3.49. The van der Waals surface area contributed by atoms with Gasteiger partial charge in [-0.25, -0.2) is 0 Å². The minimum Gasteiger partial charge on any atom is -0.337 e. The summed E-state index contributed by atoms with van der Waals surface area (Å²) in [7, 11) is 0. The summed E-state index contributed by atoms with van der Waals surface area (Å²) in [5.74, 6) is -0.503. The Hall–Kier alpha value is -1.26. The van der Waals surface area contributed by atoms with Gasteiger partial charge in [0.1, 0.15) is 0 Å². The Morgan fingerprint density at radius 1 is 1.29 bits per heavy atom. The van der Waals surface area contributed by atoms with Crippen LogP contribution in [0.5, 0.6) is 0 Å². The summed E-state index contributed by atoms with van der Waals surface area (Å²) in [5.41, 5.74) is 0.312. The van der Waals surface area contributed by atoms with Crippen molar-refractivity contribution in [1.29, 1.82) is 0 Å². The second-order valence-corrected chi connectivity index (χ2v) is 7.01. The second kappa shape index (κ2) is 5.85. The number of rotatable bonds is 2. The molecule has 1 N–H and O–H groups in total. The van der Waals surface area contributed by atoms with E-state index in [9.17, 15) is 9.59 Å². The lowest BCUT2D eigenvalue weighted by Crippen LogP contribution is -2.42. The van der Waals surface area contributed by atoms with Gasteiger partial charge in [-0.15, -0.1) is 0 Å². The summed E-state index contributed by atoms with van der Waals surface area (Å²) in [4.78, 5) is 26.0. The molecule has 0 radical (unpaired) electrons. The number of benzene rings is 1. The summed E-state index contributed by atoms with van der Waals surface area (Å²) in [6, 6.07) is 4.91. The maximum absolute atomic E-state index is 12.3. The third kappa shape index (κ3) is 3.69. The van der Waals surface area contributed by atoms with Crippen LogP contribution in [0, 0.1) is 5.92 Å². The number of nitrogens with one attached hydrogen (secondary N) is 1. The summed E-state index contributed by atoms with van der Waals surface area (Å²) in [6.07, 6.45) is 0.241. The molecule has 4 nitrogen and oxygen atoms in total. The van der Waals surface area contributed by atoms with Gasteiger partial charge in [0, 0.05) is 24.2 Å². The number of anilines is 1. The van der Waals surface area contributed by atoms with Gasteiger partial charge in [-0.2, -0.15) is 0 Å². The normalized spacial score (nSPS) is 19.0. The Kier molecular flexibility index (Phi) is 4.49. The predicted molar refractivity (Wildman–Crippen MR) is 84.7 cm³/mol. The van der Waals surface area contributed by atoms with Crippen LogP contribution in [0.4, 0.5) is 5.69 Å². The Morgan fingerprint density at radius 2 is 1.95 bits per heavy atom. The Balaban J connectivity index is 2.05. The molecule has 0 aromatic heterocycles. The maximum atomic E-state index is 12.3.